The minimum atomic E-state index is -0.402. The van der Waals surface area contributed by atoms with Crippen LogP contribution in [0.15, 0.2) is 36.4 Å². The second kappa shape index (κ2) is 3.72. The average molecular weight is 161 g/mol. The van der Waals surface area contributed by atoms with E-state index in [0.717, 1.165) is 0 Å². The zero-order chi connectivity index (χ0) is 8.97. The summed E-state index contributed by atoms with van der Waals surface area (Å²) >= 11 is 0. The number of rotatable bonds is 2. The topological polar surface area (TPSA) is 26.3 Å². The number of hydrogen-bond acceptors (Lipinski definition) is 2. The van der Waals surface area contributed by atoms with Crippen molar-refractivity contribution in [3.8, 4) is 5.75 Å². The zero-order valence-corrected chi connectivity index (χ0v) is 6.83. The number of benzene rings is 1. The lowest BCUT2D eigenvalue weighted by Crippen LogP contribution is -2.07. The maximum absolute atomic E-state index is 11.0. The van der Waals surface area contributed by atoms with Gasteiger partial charge in [-0.25, -0.2) is 4.79 Å². The summed E-state index contributed by atoms with van der Waals surface area (Å²) in [5, 5.41) is 0. The van der Waals surface area contributed by atoms with Gasteiger partial charge in [0, 0.05) is 5.57 Å². The van der Waals surface area contributed by atoms with Crippen LogP contribution in [-0.4, -0.2) is 5.97 Å². The van der Waals surface area contributed by atoms with Crippen LogP contribution in [-0.2, 0) is 4.79 Å². The molecule has 12 heavy (non-hydrogen) atoms. The summed E-state index contributed by atoms with van der Waals surface area (Å²) in [6, 6.07) is 9.52. The van der Waals surface area contributed by atoms with Gasteiger partial charge in [-0.05, 0) is 25.1 Å². The van der Waals surface area contributed by atoms with Crippen molar-refractivity contribution >= 4 is 5.97 Å². The molecule has 0 heterocycles. The van der Waals surface area contributed by atoms with Crippen LogP contribution in [0.2, 0.25) is 0 Å². The van der Waals surface area contributed by atoms with Crippen molar-refractivity contribution in [2.24, 2.45) is 0 Å². The normalized spacial score (nSPS) is 9.08. The van der Waals surface area contributed by atoms with E-state index < -0.39 is 5.97 Å². The molecular formula is C10H9O2. The van der Waals surface area contributed by atoms with E-state index in [4.69, 9.17) is 4.74 Å². The largest absolute Gasteiger partial charge is 0.423 e. The number of ether oxygens (including phenoxy) is 1. The van der Waals surface area contributed by atoms with E-state index in [0.29, 0.717) is 11.3 Å². The lowest BCUT2D eigenvalue weighted by molar-refractivity contribution is -0.130. The predicted octanol–water partition coefficient (Wildman–Crippen LogP) is 1.97. The van der Waals surface area contributed by atoms with Gasteiger partial charge in [0.1, 0.15) is 5.75 Å². The van der Waals surface area contributed by atoms with Crippen molar-refractivity contribution in [1.29, 1.82) is 0 Å². The smallest absolute Gasteiger partial charge is 0.338 e. The van der Waals surface area contributed by atoms with E-state index in [9.17, 15) is 4.79 Å². The molecule has 0 saturated heterocycles. The lowest BCUT2D eigenvalue weighted by Gasteiger charge is -2.01. The van der Waals surface area contributed by atoms with Crippen LogP contribution in [0.5, 0.6) is 5.75 Å². The van der Waals surface area contributed by atoms with Crippen LogP contribution >= 0.6 is 0 Å². The third-order valence-corrected chi connectivity index (χ3v) is 1.25. The molecule has 0 fully saturated rings. The Balaban J connectivity index is 2.65. The van der Waals surface area contributed by atoms with Gasteiger partial charge in [-0.15, -0.1) is 0 Å². The molecule has 0 aliphatic carbocycles. The molecule has 1 aromatic carbocycles. The van der Waals surface area contributed by atoms with Crippen LogP contribution in [0.3, 0.4) is 0 Å². The maximum atomic E-state index is 11.0. The minimum Gasteiger partial charge on any atom is -0.423 e. The van der Waals surface area contributed by atoms with Gasteiger partial charge in [-0.2, -0.15) is 0 Å². The van der Waals surface area contributed by atoms with Gasteiger partial charge < -0.3 is 4.74 Å². The Bertz CT molecular complexity index is 288. The molecule has 1 aromatic rings. The van der Waals surface area contributed by atoms with Crippen LogP contribution in [0.1, 0.15) is 6.92 Å². The standard InChI is InChI=1S/C10H9O2/c1-8(2)10(11)12-9-6-4-3-5-7-9/h4-7H,1H2,2H3. The number of esters is 1. The summed E-state index contributed by atoms with van der Waals surface area (Å²) < 4.78 is 4.92. The molecule has 0 bridgehead atoms. The highest BCUT2D eigenvalue weighted by molar-refractivity contribution is 5.88. The molecule has 2 heteroatoms. The molecule has 0 N–H and O–H groups in total. The summed E-state index contributed by atoms with van der Waals surface area (Å²) in [5.41, 5.74) is 0.392. The molecular weight excluding hydrogens is 152 g/mol. The van der Waals surface area contributed by atoms with Gasteiger partial charge in [0.25, 0.3) is 0 Å². The molecule has 1 radical (unpaired) electrons. The van der Waals surface area contributed by atoms with Gasteiger partial charge in [0.05, 0.1) is 0 Å². The second-order valence-corrected chi connectivity index (χ2v) is 2.41. The highest BCUT2D eigenvalue weighted by Crippen LogP contribution is 2.09. The number of hydrogen-bond donors (Lipinski definition) is 0. The van der Waals surface area contributed by atoms with Gasteiger partial charge in [-0.3, -0.25) is 0 Å². The fourth-order valence-electron chi connectivity index (χ4n) is 0.634. The number of carbonyl (C=O) groups is 1. The highest BCUT2D eigenvalue weighted by Gasteiger charge is 2.03. The van der Waals surface area contributed by atoms with Gasteiger partial charge in [0.15, 0.2) is 0 Å². The summed E-state index contributed by atoms with van der Waals surface area (Å²) in [4.78, 5) is 11.0. The fraction of sp³-hybridized carbons (Fsp3) is 0.100. The van der Waals surface area contributed by atoms with E-state index >= 15 is 0 Å². The fourth-order valence-corrected chi connectivity index (χ4v) is 0.634. The molecule has 2 nitrogen and oxygen atoms in total. The minimum absolute atomic E-state index is 0.392. The monoisotopic (exact) mass is 161 g/mol. The molecule has 61 valence electrons. The first-order chi connectivity index (χ1) is 5.70. The van der Waals surface area contributed by atoms with Crippen LogP contribution in [0.25, 0.3) is 0 Å². The lowest BCUT2D eigenvalue weighted by atomic mass is 10.3. The third-order valence-electron chi connectivity index (χ3n) is 1.25. The molecule has 0 atom stereocenters. The van der Waals surface area contributed by atoms with E-state index in [1.807, 2.05) is 0 Å². The van der Waals surface area contributed by atoms with Crippen molar-refractivity contribution in [3.63, 3.8) is 0 Å². The molecule has 0 amide bonds. The Kier molecular flexibility index (Phi) is 2.64. The van der Waals surface area contributed by atoms with Crippen molar-refractivity contribution < 1.29 is 9.53 Å². The van der Waals surface area contributed by atoms with Crippen LogP contribution < -0.4 is 4.74 Å². The Hall–Kier alpha value is -1.57. The summed E-state index contributed by atoms with van der Waals surface area (Å²) in [7, 11) is 0. The molecule has 0 spiro atoms. The second-order valence-electron chi connectivity index (χ2n) is 2.41. The Morgan fingerprint density at radius 2 is 2.08 bits per heavy atom. The van der Waals surface area contributed by atoms with Gasteiger partial charge in [0.2, 0.25) is 0 Å². The first-order valence-corrected chi connectivity index (χ1v) is 3.54. The Morgan fingerprint density at radius 1 is 1.50 bits per heavy atom. The maximum Gasteiger partial charge on any atom is 0.338 e. The first kappa shape index (κ1) is 8.53. The van der Waals surface area contributed by atoms with Crippen LogP contribution in [0.4, 0.5) is 0 Å². The number of carbonyl (C=O) groups excluding carboxylic acids is 1. The van der Waals surface area contributed by atoms with Crippen molar-refractivity contribution in [3.05, 3.63) is 42.5 Å². The van der Waals surface area contributed by atoms with Gasteiger partial charge >= 0.3 is 5.97 Å². The molecule has 0 aliphatic rings. The summed E-state index contributed by atoms with van der Waals surface area (Å²) in [6.45, 7) is 5.08. The van der Waals surface area contributed by atoms with E-state index in [1.165, 1.54) is 0 Å². The average Bonchev–Trinajstić information content (AvgIpc) is 2.06. The van der Waals surface area contributed by atoms with E-state index in [2.05, 4.69) is 12.6 Å². The van der Waals surface area contributed by atoms with Crippen molar-refractivity contribution in [1.82, 2.24) is 0 Å². The van der Waals surface area contributed by atoms with E-state index in [-0.39, 0.29) is 0 Å². The first-order valence-electron chi connectivity index (χ1n) is 3.54. The summed E-state index contributed by atoms with van der Waals surface area (Å²) in [6.07, 6.45) is 0. The Labute approximate surface area is 71.5 Å². The van der Waals surface area contributed by atoms with Crippen molar-refractivity contribution in [2.75, 3.05) is 0 Å². The molecule has 0 aliphatic heterocycles. The SMILES string of the molecule is C=C(C)C(=O)Oc1cc[c]cc1. The van der Waals surface area contributed by atoms with Gasteiger partial charge in [-0.1, -0.05) is 18.7 Å². The summed E-state index contributed by atoms with van der Waals surface area (Å²) in [5.74, 6) is 0.114. The highest BCUT2D eigenvalue weighted by atomic mass is 16.5. The quantitative estimate of drug-likeness (QED) is 0.376. The zero-order valence-electron chi connectivity index (χ0n) is 6.83. The Morgan fingerprint density at radius 3 is 2.58 bits per heavy atom. The third kappa shape index (κ3) is 2.23. The van der Waals surface area contributed by atoms with E-state index in [1.54, 1.807) is 31.2 Å². The molecule has 0 saturated carbocycles. The molecule has 0 aromatic heterocycles. The van der Waals surface area contributed by atoms with Crippen LogP contribution in [0, 0.1) is 6.07 Å². The van der Waals surface area contributed by atoms with Crippen molar-refractivity contribution in [2.45, 2.75) is 6.92 Å². The molecule has 0 unspecified atom stereocenters. The molecule has 1 rings (SSSR count). The predicted molar refractivity (Wildman–Crippen MR) is 45.7 cm³/mol.